The van der Waals surface area contributed by atoms with Gasteiger partial charge in [0.25, 0.3) is 0 Å². The molecule has 1 fully saturated rings. The minimum Gasteiger partial charge on any atom is -0.197 e. The maximum absolute atomic E-state index is 14.3. The van der Waals surface area contributed by atoms with Crippen LogP contribution in [0, 0.1) is 11.5 Å². The Hall–Kier alpha value is -0.553. The van der Waals surface area contributed by atoms with Crippen LogP contribution in [-0.4, -0.2) is 8.07 Å². The van der Waals surface area contributed by atoms with Crippen LogP contribution in [0.3, 0.4) is 0 Å². The summed E-state index contributed by atoms with van der Waals surface area (Å²) in [5.74, 6) is 2.85. The number of halogens is 1. The molecular formula is C18H31FSi. The molecule has 1 aliphatic carbocycles. The fourth-order valence-corrected chi connectivity index (χ4v) is 9.07. The van der Waals surface area contributed by atoms with E-state index in [1.165, 1.54) is 6.42 Å². The third kappa shape index (κ3) is 3.76. The summed E-state index contributed by atoms with van der Waals surface area (Å²) in [7, 11) is -1.79. The van der Waals surface area contributed by atoms with E-state index in [1.807, 2.05) is 0 Å². The van der Waals surface area contributed by atoms with E-state index in [9.17, 15) is 4.39 Å². The zero-order chi connectivity index (χ0) is 15.3. The van der Waals surface area contributed by atoms with Crippen LogP contribution in [0.2, 0.25) is 16.6 Å². The van der Waals surface area contributed by atoms with Crippen molar-refractivity contribution < 1.29 is 4.39 Å². The molecular weight excluding hydrogens is 263 g/mol. The van der Waals surface area contributed by atoms with Crippen LogP contribution in [0.5, 0.6) is 0 Å². The highest BCUT2D eigenvalue weighted by Crippen LogP contribution is 2.41. The van der Waals surface area contributed by atoms with Crippen molar-refractivity contribution in [1.82, 2.24) is 0 Å². The molecule has 0 heterocycles. The summed E-state index contributed by atoms with van der Waals surface area (Å²) in [6.45, 7) is 13.6. The molecule has 0 aromatic carbocycles. The lowest BCUT2D eigenvalue weighted by molar-refractivity contribution is 0.560. The average molecular weight is 295 g/mol. The smallest absolute Gasteiger partial charge is 0.171 e. The van der Waals surface area contributed by atoms with Crippen molar-refractivity contribution in [2.24, 2.45) is 0 Å². The first-order valence-electron chi connectivity index (χ1n) is 8.23. The summed E-state index contributed by atoms with van der Waals surface area (Å²) in [6, 6.07) is 0. The van der Waals surface area contributed by atoms with E-state index >= 15 is 0 Å². The Kier molecular flexibility index (Phi) is 6.52. The molecule has 0 amide bonds. The topological polar surface area (TPSA) is 0 Å². The summed E-state index contributed by atoms with van der Waals surface area (Å²) < 4.78 is 14.3. The lowest BCUT2D eigenvalue weighted by Crippen LogP contribution is -2.43. The Morgan fingerprint density at radius 3 is 1.75 bits per heavy atom. The van der Waals surface area contributed by atoms with Gasteiger partial charge < -0.3 is 0 Å². The number of hydrogen-bond donors (Lipinski definition) is 0. The second kappa shape index (κ2) is 7.45. The van der Waals surface area contributed by atoms with Crippen LogP contribution in [0.15, 0.2) is 11.4 Å². The lowest BCUT2D eigenvalue weighted by Gasteiger charge is -2.38. The van der Waals surface area contributed by atoms with Crippen LogP contribution in [-0.2, 0) is 0 Å². The van der Waals surface area contributed by atoms with Crippen LogP contribution in [0.25, 0.3) is 0 Å². The Morgan fingerprint density at radius 1 is 0.900 bits per heavy atom. The summed E-state index contributed by atoms with van der Waals surface area (Å²) in [5, 5.41) is 0. The molecule has 1 aliphatic rings. The monoisotopic (exact) mass is 294 g/mol. The second-order valence-electron chi connectivity index (χ2n) is 7.13. The molecule has 0 bridgehead atoms. The largest absolute Gasteiger partial charge is 0.197 e. The average Bonchev–Trinajstić information content (AvgIpc) is 2.38. The van der Waals surface area contributed by atoms with E-state index in [-0.39, 0.29) is 5.83 Å². The molecule has 0 nitrogen and oxygen atoms in total. The Bertz CT molecular complexity index is 377. The molecule has 0 aromatic rings. The summed E-state index contributed by atoms with van der Waals surface area (Å²) >= 11 is 0. The van der Waals surface area contributed by atoms with E-state index in [0.717, 1.165) is 31.3 Å². The Labute approximate surface area is 126 Å². The fraction of sp³-hybridized carbons (Fsp3) is 0.778. The van der Waals surface area contributed by atoms with Crippen molar-refractivity contribution in [2.45, 2.75) is 90.3 Å². The molecule has 0 N–H and O–H groups in total. The molecule has 0 saturated heterocycles. The van der Waals surface area contributed by atoms with Gasteiger partial charge in [-0.05, 0) is 53.8 Å². The molecule has 1 rings (SSSR count). The summed E-state index contributed by atoms with van der Waals surface area (Å²) in [6.07, 6.45) is 5.34. The first-order chi connectivity index (χ1) is 9.32. The molecule has 0 spiro atoms. The minimum atomic E-state index is -1.79. The van der Waals surface area contributed by atoms with Gasteiger partial charge in [-0.3, -0.25) is 0 Å². The molecule has 2 heteroatoms. The Balaban J connectivity index is 3.10. The SMILES string of the molecule is CC(C)[Si](C#CC(F)=C1CCCCC1)(C(C)C)C(C)C. The number of allylic oxidation sites excluding steroid dienone is 2. The Morgan fingerprint density at radius 2 is 1.35 bits per heavy atom. The minimum absolute atomic E-state index is 0.108. The van der Waals surface area contributed by atoms with Crippen LogP contribution >= 0.6 is 0 Å². The molecule has 1 saturated carbocycles. The van der Waals surface area contributed by atoms with Gasteiger partial charge in [0.15, 0.2) is 5.83 Å². The second-order valence-corrected chi connectivity index (χ2v) is 12.7. The van der Waals surface area contributed by atoms with Gasteiger partial charge in [0.2, 0.25) is 0 Å². The molecule has 20 heavy (non-hydrogen) atoms. The van der Waals surface area contributed by atoms with E-state index in [0.29, 0.717) is 16.6 Å². The van der Waals surface area contributed by atoms with Gasteiger partial charge in [-0.25, -0.2) is 0 Å². The molecule has 0 aliphatic heterocycles. The third-order valence-corrected chi connectivity index (χ3v) is 11.3. The molecule has 114 valence electrons. The predicted molar refractivity (Wildman–Crippen MR) is 90.0 cm³/mol. The van der Waals surface area contributed by atoms with Crippen molar-refractivity contribution in [1.29, 1.82) is 0 Å². The van der Waals surface area contributed by atoms with Gasteiger partial charge in [0, 0.05) is 0 Å². The van der Waals surface area contributed by atoms with Crippen molar-refractivity contribution in [3.63, 3.8) is 0 Å². The highest BCUT2D eigenvalue weighted by Gasteiger charge is 2.41. The van der Waals surface area contributed by atoms with Gasteiger partial charge >= 0.3 is 0 Å². The van der Waals surface area contributed by atoms with E-state index in [2.05, 4.69) is 53.0 Å². The maximum atomic E-state index is 14.3. The zero-order valence-corrected chi connectivity index (χ0v) is 15.1. The standard InChI is InChI=1S/C18H31FSi/c1-14(2)20(15(3)4,16(5)6)13-12-18(19)17-10-8-7-9-11-17/h14-16H,7-11H2,1-6H3. The van der Waals surface area contributed by atoms with Gasteiger partial charge in [-0.2, -0.15) is 4.39 Å². The van der Waals surface area contributed by atoms with Gasteiger partial charge in [0.05, 0.1) is 0 Å². The van der Waals surface area contributed by atoms with Gasteiger partial charge in [-0.1, -0.05) is 48.0 Å². The van der Waals surface area contributed by atoms with Gasteiger partial charge in [0.1, 0.15) is 8.07 Å². The van der Waals surface area contributed by atoms with Crippen molar-refractivity contribution in [3.8, 4) is 11.5 Å². The van der Waals surface area contributed by atoms with E-state index in [4.69, 9.17) is 0 Å². The number of hydrogen-bond acceptors (Lipinski definition) is 0. The third-order valence-electron chi connectivity index (χ3n) is 5.02. The molecule has 0 radical (unpaired) electrons. The number of rotatable bonds is 3. The van der Waals surface area contributed by atoms with Crippen molar-refractivity contribution in [2.75, 3.05) is 0 Å². The van der Waals surface area contributed by atoms with Crippen LogP contribution in [0.4, 0.5) is 4.39 Å². The first-order valence-corrected chi connectivity index (χ1v) is 10.5. The normalized spacial score (nSPS) is 16.6. The first kappa shape index (κ1) is 17.5. The van der Waals surface area contributed by atoms with Crippen LogP contribution < -0.4 is 0 Å². The zero-order valence-electron chi connectivity index (χ0n) is 14.1. The molecule has 0 atom stereocenters. The molecule has 0 unspecified atom stereocenters. The quantitative estimate of drug-likeness (QED) is 0.417. The summed E-state index contributed by atoms with van der Waals surface area (Å²) in [5.41, 5.74) is 6.17. The molecule has 0 aromatic heterocycles. The fourth-order valence-electron chi connectivity index (χ4n) is 3.88. The van der Waals surface area contributed by atoms with Gasteiger partial charge in [-0.15, -0.1) is 5.54 Å². The lowest BCUT2D eigenvalue weighted by atomic mass is 9.94. The maximum Gasteiger partial charge on any atom is 0.171 e. The summed E-state index contributed by atoms with van der Waals surface area (Å²) in [4.78, 5) is 0. The van der Waals surface area contributed by atoms with Crippen LogP contribution in [0.1, 0.15) is 73.6 Å². The van der Waals surface area contributed by atoms with E-state index < -0.39 is 8.07 Å². The van der Waals surface area contributed by atoms with E-state index in [1.54, 1.807) is 0 Å². The predicted octanol–water partition coefficient (Wildman–Crippen LogP) is 6.40. The highest BCUT2D eigenvalue weighted by molar-refractivity contribution is 6.90. The highest BCUT2D eigenvalue weighted by atomic mass is 28.3. The van der Waals surface area contributed by atoms with Crippen molar-refractivity contribution in [3.05, 3.63) is 11.4 Å². The van der Waals surface area contributed by atoms with Crippen molar-refractivity contribution >= 4 is 8.07 Å².